The summed E-state index contributed by atoms with van der Waals surface area (Å²) in [4.78, 5) is 12.8. The van der Waals surface area contributed by atoms with Crippen molar-refractivity contribution in [1.29, 1.82) is 5.26 Å². The molecule has 0 saturated heterocycles. The molecule has 1 saturated carbocycles. The van der Waals surface area contributed by atoms with Crippen molar-refractivity contribution in [3.8, 4) is 11.8 Å². The van der Waals surface area contributed by atoms with Crippen LogP contribution in [0.5, 0.6) is 5.75 Å². The molecule has 1 atom stereocenters. The van der Waals surface area contributed by atoms with E-state index in [1.54, 1.807) is 24.3 Å². The Bertz CT molecular complexity index is 856. The Hall–Kier alpha value is -2.91. The van der Waals surface area contributed by atoms with Gasteiger partial charge in [-0.15, -0.1) is 0 Å². The lowest BCUT2D eigenvalue weighted by Crippen LogP contribution is -2.41. The predicted octanol–water partition coefficient (Wildman–Crippen LogP) is 2.95. The molecule has 0 bridgehead atoms. The highest BCUT2D eigenvalue weighted by atomic mass is 19.1. The van der Waals surface area contributed by atoms with E-state index in [4.69, 9.17) is 4.74 Å². The summed E-state index contributed by atoms with van der Waals surface area (Å²) in [5.41, 5.74) is 1.05. The largest absolute Gasteiger partial charge is 0.496 e. The summed E-state index contributed by atoms with van der Waals surface area (Å²) in [6.45, 7) is 0. The van der Waals surface area contributed by atoms with Crippen LogP contribution in [0, 0.1) is 23.1 Å². The number of nitrogens with zero attached hydrogens (tertiary/aromatic N) is 1. The van der Waals surface area contributed by atoms with E-state index in [9.17, 15) is 19.6 Å². The van der Waals surface area contributed by atoms with Crippen molar-refractivity contribution in [3.05, 3.63) is 65.0 Å². The van der Waals surface area contributed by atoms with Gasteiger partial charge in [-0.2, -0.15) is 5.26 Å². The van der Waals surface area contributed by atoms with Crippen molar-refractivity contribution in [2.45, 2.75) is 25.0 Å². The minimum Gasteiger partial charge on any atom is -0.496 e. The molecule has 2 N–H and O–H groups in total. The summed E-state index contributed by atoms with van der Waals surface area (Å²) in [5, 5.41) is 21.8. The second kappa shape index (κ2) is 7.54. The number of hydrogen-bond donors (Lipinski definition) is 2. The quantitative estimate of drug-likeness (QED) is 0.865. The van der Waals surface area contributed by atoms with Gasteiger partial charge in [0.15, 0.2) is 0 Å². The highest BCUT2D eigenvalue weighted by molar-refractivity contribution is 5.96. The number of methoxy groups -OCH3 is 1. The van der Waals surface area contributed by atoms with Crippen LogP contribution in [-0.4, -0.2) is 24.2 Å². The number of ether oxygens (including phenoxy) is 1. The average molecular weight is 354 g/mol. The fraction of sp³-hybridized carbons (Fsp3) is 0.300. The molecule has 0 unspecified atom stereocenters. The van der Waals surface area contributed by atoms with Gasteiger partial charge in [0.05, 0.1) is 36.5 Å². The van der Waals surface area contributed by atoms with Crippen molar-refractivity contribution < 1.29 is 19.0 Å². The van der Waals surface area contributed by atoms with Gasteiger partial charge in [-0.3, -0.25) is 4.79 Å². The van der Waals surface area contributed by atoms with E-state index in [0.29, 0.717) is 24.2 Å². The maximum absolute atomic E-state index is 13.8. The van der Waals surface area contributed by atoms with Crippen LogP contribution in [0.4, 0.5) is 4.39 Å². The van der Waals surface area contributed by atoms with Crippen molar-refractivity contribution in [2.24, 2.45) is 5.92 Å². The molecule has 0 aliphatic heterocycles. The van der Waals surface area contributed by atoms with E-state index < -0.39 is 23.9 Å². The first-order chi connectivity index (χ1) is 12.5. The Balaban J connectivity index is 1.94. The molecule has 1 aliphatic carbocycles. The zero-order valence-corrected chi connectivity index (χ0v) is 14.3. The summed E-state index contributed by atoms with van der Waals surface area (Å²) in [5.74, 6) is -0.428. The van der Waals surface area contributed by atoms with Gasteiger partial charge in [0, 0.05) is 5.56 Å². The summed E-state index contributed by atoms with van der Waals surface area (Å²) in [7, 11) is 1.48. The smallest absolute Gasteiger partial charge is 0.253 e. The highest BCUT2D eigenvalue weighted by Crippen LogP contribution is 2.41. The first-order valence-electron chi connectivity index (χ1n) is 8.35. The molecule has 6 heteroatoms. The second-order valence-corrected chi connectivity index (χ2v) is 6.38. The SMILES string of the molecule is COc1ccc(F)cc1[C@@H](NC(=O)c1ccccc1C#N)C1CC(O)C1. The number of carbonyl (C=O) groups excluding carboxylic acids is 1. The molecule has 0 radical (unpaired) electrons. The highest BCUT2D eigenvalue weighted by Gasteiger charge is 2.37. The minimum absolute atomic E-state index is 0.0427. The van der Waals surface area contributed by atoms with Gasteiger partial charge in [-0.25, -0.2) is 4.39 Å². The summed E-state index contributed by atoms with van der Waals surface area (Å²) in [6, 6.07) is 12.1. The fourth-order valence-corrected chi connectivity index (χ4v) is 3.30. The van der Waals surface area contributed by atoms with Crippen molar-refractivity contribution in [1.82, 2.24) is 5.32 Å². The standard InChI is InChI=1S/C20H19FN2O3/c1-26-18-7-6-14(21)10-17(18)19(13-8-15(24)9-13)23-20(25)16-5-3-2-4-12(16)11-22/h2-7,10,13,15,19,24H,8-9H2,1H3,(H,23,25)/t13?,15?,19-/m0/s1. The summed E-state index contributed by atoms with van der Waals surface area (Å²) in [6.07, 6.45) is 0.583. The lowest BCUT2D eigenvalue weighted by atomic mass is 9.74. The van der Waals surface area contributed by atoms with E-state index in [0.717, 1.165) is 0 Å². The molecule has 0 heterocycles. The molecule has 1 aliphatic rings. The zero-order chi connectivity index (χ0) is 18.7. The molecule has 0 spiro atoms. The monoisotopic (exact) mass is 354 g/mol. The molecule has 2 aromatic carbocycles. The van der Waals surface area contributed by atoms with E-state index in [1.165, 1.54) is 25.3 Å². The number of hydrogen-bond acceptors (Lipinski definition) is 4. The van der Waals surface area contributed by atoms with Crippen LogP contribution in [0.15, 0.2) is 42.5 Å². The Morgan fingerprint density at radius 3 is 2.73 bits per heavy atom. The molecular formula is C20H19FN2O3. The van der Waals surface area contributed by atoms with Crippen LogP contribution in [-0.2, 0) is 0 Å². The number of nitriles is 1. The first kappa shape index (κ1) is 17.9. The molecule has 0 aromatic heterocycles. The average Bonchev–Trinajstić information content (AvgIpc) is 2.63. The summed E-state index contributed by atoms with van der Waals surface area (Å²) < 4.78 is 19.2. The molecule has 2 aromatic rings. The van der Waals surface area contributed by atoms with Crippen LogP contribution in [0.2, 0.25) is 0 Å². The topological polar surface area (TPSA) is 82.3 Å². The Labute approximate surface area is 151 Å². The summed E-state index contributed by atoms with van der Waals surface area (Å²) >= 11 is 0. The maximum Gasteiger partial charge on any atom is 0.253 e. The number of benzene rings is 2. The normalized spacial score (nSPS) is 19.8. The van der Waals surface area contributed by atoms with Gasteiger partial charge in [-0.1, -0.05) is 12.1 Å². The zero-order valence-electron chi connectivity index (χ0n) is 14.3. The van der Waals surface area contributed by atoms with E-state index >= 15 is 0 Å². The third kappa shape index (κ3) is 3.53. The number of nitrogens with one attached hydrogen (secondary N) is 1. The number of aliphatic hydroxyl groups is 1. The number of amides is 1. The molecule has 3 rings (SSSR count). The predicted molar refractivity (Wildman–Crippen MR) is 93.0 cm³/mol. The van der Waals surface area contributed by atoms with Crippen molar-refractivity contribution >= 4 is 5.91 Å². The maximum atomic E-state index is 13.8. The van der Waals surface area contributed by atoms with E-state index in [1.807, 2.05) is 6.07 Å². The van der Waals surface area contributed by atoms with Crippen LogP contribution in [0.3, 0.4) is 0 Å². The lowest BCUT2D eigenvalue weighted by molar-refractivity contribution is 0.0231. The van der Waals surface area contributed by atoms with Gasteiger partial charge in [0.25, 0.3) is 5.91 Å². The Kier molecular flexibility index (Phi) is 5.19. The van der Waals surface area contributed by atoms with Crippen LogP contribution in [0.1, 0.15) is 40.4 Å². The van der Waals surface area contributed by atoms with Gasteiger partial charge < -0.3 is 15.2 Å². The Morgan fingerprint density at radius 1 is 1.35 bits per heavy atom. The third-order valence-corrected chi connectivity index (χ3v) is 4.73. The molecular weight excluding hydrogens is 335 g/mol. The fourth-order valence-electron chi connectivity index (χ4n) is 3.30. The van der Waals surface area contributed by atoms with Gasteiger partial charge >= 0.3 is 0 Å². The molecule has 134 valence electrons. The van der Waals surface area contributed by atoms with Gasteiger partial charge in [0.2, 0.25) is 0 Å². The number of carbonyl (C=O) groups is 1. The molecule has 26 heavy (non-hydrogen) atoms. The number of rotatable bonds is 5. The lowest BCUT2D eigenvalue weighted by Gasteiger charge is -2.38. The van der Waals surface area contributed by atoms with Crippen molar-refractivity contribution in [3.63, 3.8) is 0 Å². The number of aliphatic hydroxyl groups excluding tert-OH is 1. The van der Waals surface area contributed by atoms with Crippen LogP contribution >= 0.6 is 0 Å². The first-order valence-corrected chi connectivity index (χ1v) is 8.35. The van der Waals surface area contributed by atoms with Gasteiger partial charge in [-0.05, 0) is 49.1 Å². The van der Waals surface area contributed by atoms with Crippen molar-refractivity contribution in [2.75, 3.05) is 7.11 Å². The third-order valence-electron chi connectivity index (χ3n) is 4.73. The molecule has 1 fully saturated rings. The van der Waals surface area contributed by atoms with Crippen LogP contribution in [0.25, 0.3) is 0 Å². The molecule has 1 amide bonds. The van der Waals surface area contributed by atoms with Crippen LogP contribution < -0.4 is 10.1 Å². The van der Waals surface area contributed by atoms with Gasteiger partial charge in [0.1, 0.15) is 11.6 Å². The minimum atomic E-state index is -0.525. The number of halogens is 1. The van der Waals surface area contributed by atoms with E-state index in [2.05, 4.69) is 5.32 Å². The Morgan fingerprint density at radius 2 is 2.08 bits per heavy atom. The van der Waals surface area contributed by atoms with E-state index in [-0.39, 0.29) is 17.0 Å². The second-order valence-electron chi connectivity index (χ2n) is 6.38. The molecule has 5 nitrogen and oxygen atoms in total.